The van der Waals surface area contributed by atoms with Crippen LogP contribution in [-0.4, -0.2) is 49.5 Å². The van der Waals surface area contributed by atoms with Gasteiger partial charge in [0.1, 0.15) is 17.5 Å². The van der Waals surface area contributed by atoms with Crippen LogP contribution in [0.4, 0.5) is 5.69 Å². The summed E-state index contributed by atoms with van der Waals surface area (Å²) in [7, 11) is 4.49. The Kier molecular flexibility index (Phi) is 8.81. The molecule has 1 aliphatic heterocycles. The molecule has 11 nitrogen and oxygen atoms in total. The molecule has 0 bridgehead atoms. The molecule has 3 aromatic carbocycles. The molecule has 44 heavy (non-hydrogen) atoms. The molecule has 1 aliphatic rings. The van der Waals surface area contributed by atoms with Crippen LogP contribution in [-0.2, 0) is 9.59 Å². The third-order valence-corrected chi connectivity index (χ3v) is 7.85. The Balaban J connectivity index is 1.66. The first-order valence-electron chi connectivity index (χ1n) is 13.4. The molecule has 0 saturated carbocycles. The summed E-state index contributed by atoms with van der Waals surface area (Å²) in [5.74, 6) is 0.0295. The molecule has 0 unspecified atom stereocenters. The molecule has 0 aliphatic carbocycles. The summed E-state index contributed by atoms with van der Waals surface area (Å²) in [5.41, 5.74) is 2.18. The number of nitrogens with zero attached hydrogens (tertiary/aromatic N) is 2. The predicted octanol–water partition coefficient (Wildman–Crippen LogP) is 3.36. The first-order valence-corrected chi connectivity index (χ1v) is 14.2. The Morgan fingerprint density at radius 2 is 1.73 bits per heavy atom. The number of hydrogen-bond acceptors (Lipinski definition) is 9. The lowest BCUT2D eigenvalue weighted by Gasteiger charge is -2.26. The number of methoxy groups -OCH3 is 3. The summed E-state index contributed by atoms with van der Waals surface area (Å²) >= 11 is 1.18. The van der Waals surface area contributed by atoms with Crippen LogP contribution in [0.5, 0.6) is 23.0 Å². The molecule has 2 heterocycles. The lowest BCUT2D eigenvalue weighted by Crippen LogP contribution is -2.40. The molecule has 0 fully saturated rings. The SMILES string of the molecule is COc1ccc([C@H]2C(C(=O)Nc3ccccc3)=C(C)N=c3s/c(=C\c4ccc(OCC(=O)O)c(OC)c4)c(=O)n32)c(OC)c1. The first kappa shape index (κ1) is 30.1. The Labute approximate surface area is 255 Å². The zero-order valence-electron chi connectivity index (χ0n) is 24.3. The Morgan fingerprint density at radius 3 is 2.41 bits per heavy atom. The van der Waals surface area contributed by atoms with E-state index >= 15 is 0 Å². The number of allylic oxidation sites excluding steroid dienone is 1. The molecule has 1 amide bonds. The maximum atomic E-state index is 14.1. The van der Waals surface area contributed by atoms with Crippen LogP contribution in [0.1, 0.15) is 24.1 Å². The third-order valence-electron chi connectivity index (χ3n) is 6.87. The highest BCUT2D eigenvalue weighted by atomic mass is 32.1. The zero-order valence-corrected chi connectivity index (χ0v) is 25.1. The van der Waals surface area contributed by atoms with Gasteiger partial charge in [-0.2, -0.15) is 0 Å². The summed E-state index contributed by atoms with van der Waals surface area (Å²) in [6.07, 6.45) is 1.68. The van der Waals surface area contributed by atoms with Gasteiger partial charge in [-0.05, 0) is 55.0 Å². The number of nitrogens with one attached hydrogen (secondary N) is 1. The molecule has 4 aromatic rings. The lowest BCUT2D eigenvalue weighted by molar-refractivity contribution is -0.139. The molecular formula is C32H29N3O8S. The molecule has 0 saturated heterocycles. The molecule has 0 radical (unpaired) electrons. The van der Waals surface area contributed by atoms with Crippen molar-refractivity contribution < 1.29 is 33.6 Å². The third kappa shape index (κ3) is 6.06. The van der Waals surface area contributed by atoms with E-state index in [1.165, 1.54) is 30.1 Å². The first-order chi connectivity index (χ1) is 21.2. The van der Waals surface area contributed by atoms with Crippen molar-refractivity contribution in [1.29, 1.82) is 0 Å². The standard InChI is InChI=1S/C32H29N3O8S/c1-18-28(30(38)34-20-8-6-5-7-9-20)29(22-12-11-21(40-2)16-24(22)41-3)35-31(39)26(44-32(35)33-18)15-19-10-13-23(25(14-19)42-4)43-17-27(36)37/h5-16,29H,17H2,1-4H3,(H,34,38)(H,36,37)/b26-15-/t29-/m0/s1. The summed E-state index contributed by atoms with van der Waals surface area (Å²) in [4.78, 5) is 43.9. The molecular weight excluding hydrogens is 586 g/mol. The Morgan fingerprint density at radius 1 is 0.977 bits per heavy atom. The maximum Gasteiger partial charge on any atom is 0.341 e. The van der Waals surface area contributed by atoms with Gasteiger partial charge in [-0.25, -0.2) is 9.79 Å². The van der Waals surface area contributed by atoms with Crippen LogP contribution in [0.25, 0.3) is 6.08 Å². The van der Waals surface area contributed by atoms with Gasteiger partial charge in [0.2, 0.25) is 0 Å². The number of fused-ring (bicyclic) bond motifs is 1. The summed E-state index contributed by atoms with van der Waals surface area (Å²) < 4.78 is 23.6. The number of thiazole rings is 1. The molecule has 2 N–H and O–H groups in total. The van der Waals surface area contributed by atoms with Gasteiger partial charge in [-0.3, -0.25) is 14.2 Å². The van der Waals surface area contributed by atoms with E-state index in [4.69, 9.17) is 24.1 Å². The number of ether oxygens (including phenoxy) is 4. The number of para-hydroxylation sites is 1. The predicted molar refractivity (Wildman–Crippen MR) is 165 cm³/mol. The molecule has 0 spiro atoms. The van der Waals surface area contributed by atoms with Gasteiger partial charge in [0, 0.05) is 17.3 Å². The molecule has 1 aromatic heterocycles. The van der Waals surface area contributed by atoms with E-state index in [0.29, 0.717) is 49.1 Å². The van der Waals surface area contributed by atoms with E-state index in [-0.39, 0.29) is 16.9 Å². The van der Waals surface area contributed by atoms with Gasteiger partial charge in [-0.1, -0.05) is 35.6 Å². The largest absolute Gasteiger partial charge is 0.497 e. The minimum atomic E-state index is -1.12. The Bertz CT molecular complexity index is 1950. The van der Waals surface area contributed by atoms with Crippen LogP contribution in [0, 0.1) is 0 Å². The summed E-state index contributed by atoms with van der Waals surface area (Å²) in [6.45, 7) is 1.21. The fraction of sp³-hybridized carbons (Fsp3) is 0.188. The fourth-order valence-electron chi connectivity index (χ4n) is 4.85. The quantitative estimate of drug-likeness (QED) is 0.277. The molecule has 12 heteroatoms. The van der Waals surface area contributed by atoms with Gasteiger partial charge in [0.25, 0.3) is 11.5 Å². The van der Waals surface area contributed by atoms with Crippen LogP contribution in [0.3, 0.4) is 0 Å². The van der Waals surface area contributed by atoms with Gasteiger partial charge in [0.05, 0.1) is 37.1 Å². The number of hydrogen-bond donors (Lipinski definition) is 2. The van der Waals surface area contributed by atoms with E-state index in [0.717, 1.165) is 0 Å². The fourth-order valence-corrected chi connectivity index (χ4v) is 5.90. The lowest BCUT2D eigenvalue weighted by atomic mass is 9.94. The van der Waals surface area contributed by atoms with Crippen molar-refractivity contribution in [3.8, 4) is 23.0 Å². The van der Waals surface area contributed by atoms with E-state index in [9.17, 15) is 14.4 Å². The minimum absolute atomic E-state index is 0.254. The second kappa shape index (κ2) is 12.9. The average Bonchev–Trinajstić information content (AvgIpc) is 3.33. The number of carbonyl (C=O) groups is 2. The van der Waals surface area contributed by atoms with E-state index in [2.05, 4.69) is 10.3 Å². The van der Waals surface area contributed by atoms with Crippen LogP contribution in [0.15, 0.2) is 87.8 Å². The normalized spacial score (nSPS) is 14.4. The van der Waals surface area contributed by atoms with Crippen molar-refractivity contribution in [1.82, 2.24) is 4.57 Å². The van der Waals surface area contributed by atoms with Crippen molar-refractivity contribution in [3.63, 3.8) is 0 Å². The Hall–Kier alpha value is -5.36. The highest BCUT2D eigenvalue weighted by molar-refractivity contribution is 7.07. The smallest absolute Gasteiger partial charge is 0.341 e. The highest BCUT2D eigenvalue weighted by Gasteiger charge is 2.34. The number of benzene rings is 3. The van der Waals surface area contributed by atoms with E-state index in [1.54, 1.807) is 68.6 Å². The number of amides is 1. The van der Waals surface area contributed by atoms with Gasteiger partial charge in [-0.15, -0.1) is 0 Å². The number of carboxylic acids is 1. The van der Waals surface area contributed by atoms with Crippen molar-refractivity contribution >= 4 is 35.0 Å². The molecule has 1 atom stereocenters. The van der Waals surface area contributed by atoms with E-state index in [1.807, 2.05) is 18.2 Å². The number of aromatic nitrogens is 1. The number of rotatable bonds is 10. The van der Waals surface area contributed by atoms with Crippen molar-refractivity contribution in [2.45, 2.75) is 13.0 Å². The van der Waals surface area contributed by atoms with E-state index < -0.39 is 24.5 Å². The topological polar surface area (TPSA) is 138 Å². The number of aliphatic carboxylic acids is 1. The van der Waals surface area contributed by atoms with Gasteiger partial charge < -0.3 is 29.4 Å². The molecule has 226 valence electrons. The molecule has 5 rings (SSSR count). The number of anilines is 1. The van der Waals surface area contributed by atoms with Gasteiger partial charge >= 0.3 is 5.97 Å². The van der Waals surface area contributed by atoms with Crippen molar-refractivity contribution in [2.24, 2.45) is 4.99 Å². The minimum Gasteiger partial charge on any atom is -0.497 e. The van der Waals surface area contributed by atoms with Crippen molar-refractivity contribution in [2.75, 3.05) is 33.3 Å². The van der Waals surface area contributed by atoms with Crippen LogP contribution >= 0.6 is 11.3 Å². The monoisotopic (exact) mass is 615 g/mol. The summed E-state index contributed by atoms with van der Waals surface area (Å²) in [6, 6.07) is 18.3. The maximum absolute atomic E-state index is 14.1. The highest BCUT2D eigenvalue weighted by Crippen LogP contribution is 2.37. The second-order valence-electron chi connectivity index (χ2n) is 9.60. The average molecular weight is 616 g/mol. The second-order valence-corrected chi connectivity index (χ2v) is 10.6. The van der Waals surface area contributed by atoms with Crippen LogP contribution in [0.2, 0.25) is 0 Å². The number of carboxylic acid groups (broad SMARTS) is 1. The van der Waals surface area contributed by atoms with Crippen LogP contribution < -0.4 is 39.2 Å². The van der Waals surface area contributed by atoms with Gasteiger partial charge in [0.15, 0.2) is 22.9 Å². The van der Waals surface area contributed by atoms with Crippen molar-refractivity contribution in [3.05, 3.63) is 109 Å². The number of carbonyl (C=O) groups excluding carboxylic acids is 1. The zero-order chi connectivity index (χ0) is 31.4. The summed E-state index contributed by atoms with van der Waals surface area (Å²) in [5, 5.41) is 11.9.